The highest BCUT2D eigenvalue weighted by Gasteiger charge is 2.40. The summed E-state index contributed by atoms with van der Waals surface area (Å²) in [6.07, 6.45) is 0.184. The molecule has 1 aliphatic heterocycles. The smallest absolute Gasteiger partial charge is 0.407 e. The molecule has 2 amide bonds. The van der Waals surface area contributed by atoms with Gasteiger partial charge >= 0.3 is 12.1 Å². The van der Waals surface area contributed by atoms with Crippen LogP contribution in [0.5, 0.6) is 0 Å². The number of likely N-dealkylation sites (tertiary alicyclic amines) is 1. The zero-order valence-corrected chi connectivity index (χ0v) is 20.8. The van der Waals surface area contributed by atoms with Gasteiger partial charge in [0.25, 0.3) is 0 Å². The van der Waals surface area contributed by atoms with Gasteiger partial charge in [0.15, 0.2) is 0 Å². The van der Waals surface area contributed by atoms with Crippen LogP contribution in [-0.4, -0.2) is 53.2 Å². The maximum atomic E-state index is 13.5. The Kier molecular flexibility index (Phi) is 6.88. The van der Waals surface area contributed by atoms with E-state index in [4.69, 9.17) is 4.74 Å². The van der Waals surface area contributed by atoms with Gasteiger partial charge < -0.3 is 20.1 Å². The first-order valence-corrected chi connectivity index (χ1v) is 12.2. The van der Waals surface area contributed by atoms with Crippen LogP contribution in [-0.2, 0) is 14.3 Å². The molecule has 0 aromatic heterocycles. The third-order valence-electron chi connectivity index (χ3n) is 7.23. The van der Waals surface area contributed by atoms with Gasteiger partial charge in [0.2, 0.25) is 5.91 Å². The van der Waals surface area contributed by atoms with Crippen molar-refractivity contribution in [3.8, 4) is 11.1 Å². The van der Waals surface area contributed by atoms with Gasteiger partial charge in [-0.2, -0.15) is 0 Å². The van der Waals surface area contributed by atoms with E-state index in [1.807, 2.05) is 52.0 Å². The molecule has 0 spiro atoms. The van der Waals surface area contributed by atoms with Crippen molar-refractivity contribution >= 4 is 18.0 Å². The minimum Gasteiger partial charge on any atom is -0.481 e. The molecular weight excluding hydrogens is 444 g/mol. The molecule has 1 saturated heterocycles. The van der Waals surface area contributed by atoms with Crippen molar-refractivity contribution in [2.24, 2.45) is 11.3 Å². The molecule has 1 heterocycles. The normalized spacial score (nSPS) is 20.5. The second-order valence-electron chi connectivity index (χ2n) is 10.7. The molecule has 0 radical (unpaired) electrons. The fourth-order valence-electron chi connectivity index (χ4n) is 5.30. The average molecular weight is 479 g/mol. The second kappa shape index (κ2) is 9.72. The minimum atomic E-state index is -0.826. The number of benzene rings is 2. The number of carbonyl (C=O) groups is 3. The Morgan fingerprint density at radius 1 is 1.06 bits per heavy atom. The second-order valence-corrected chi connectivity index (χ2v) is 10.7. The van der Waals surface area contributed by atoms with Gasteiger partial charge in [-0.1, -0.05) is 69.3 Å². The lowest BCUT2D eigenvalue weighted by molar-refractivity contribution is -0.149. The van der Waals surface area contributed by atoms with E-state index in [0.29, 0.717) is 19.4 Å². The van der Waals surface area contributed by atoms with Gasteiger partial charge in [0.1, 0.15) is 12.6 Å². The van der Waals surface area contributed by atoms with Crippen molar-refractivity contribution in [2.75, 3.05) is 13.2 Å². The van der Waals surface area contributed by atoms with Crippen LogP contribution in [0.3, 0.4) is 0 Å². The number of alkyl carbamates (subject to hydrolysis) is 1. The number of carbonyl (C=O) groups excluding carboxylic acids is 2. The SMILES string of the molecule is CC1CC(C(=O)O)CCN1C(=O)C(NC(=O)OCC1c2ccccc2-c2ccccc21)C(C)(C)C. The topological polar surface area (TPSA) is 95.9 Å². The first kappa shape index (κ1) is 24.8. The molecule has 7 nitrogen and oxygen atoms in total. The van der Waals surface area contributed by atoms with Crippen molar-refractivity contribution in [3.63, 3.8) is 0 Å². The number of piperidine rings is 1. The van der Waals surface area contributed by atoms with Crippen LogP contribution in [0.25, 0.3) is 11.1 Å². The van der Waals surface area contributed by atoms with E-state index < -0.39 is 29.4 Å². The third kappa shape index (κ3) is 5.04. The molecule has 2 aromatic rings. The van der Waals surface area contributed by atoms with Gasteiger partial charge in [0.05, 0.1) is 5.92 Å². The molecule has 2 N–H and O–H groups in total. The third-order valence-corrected chi connectivity index (χ3v) is 7.23. The number of fused-ring (bicyclic) bond motifs is 3. The molecular formula is C28H34N2O5. The van der Waals surface area contributed by atoms with Crippen LogP contribution in [0.1, 0.15) is 57.6 Å². The predicted octanol–water partition coefficient (Wildman–Crippen LogP) is 4.65. The average Bonchev–Trinajstić information content (AvgIpc) is 3.13. The van der Waals surface area contributed by atoms with Gasteiger partial charge in [-0.3, -0.25) is 9.59 Å². The molecule has 7 heteroatoms. The molecule has 186 valence electrons. The maximum Gasteiger partial charge on any atom is 0.407 e. The summed E-state index contributed by atoms with van der Waals surface area (Å²) in [5, 5.41) is 12.1. The number of amides is 2. The monoisotopic (exact) mass is 478 g/mol. The number of carboxylic acids is 1. The molecule has 0 saturated carbocycles. The molecule has 0 bridgehead atoms. The van der Waals surface area contributed by atoms with Crippen molar-refractivity contribution in [3.05, 3.63) is 59.7 Å². The Balaban J connectivity index is 1.44. The van der Waals surface area contributed by atoms with Crippen molar-refractivity contribution < 1.29 is 24.2 Å². The number of ether oxygens (including phenoxy) is 1. The van der Waals surface area contributed by atoms with E-state index in [-0.39, 0.29) is 24.5 Å². The number of nitrogens with zero attached hydrogens (tertiary/aromatic N) is 1. The van der Waals surface area contributed by atoms with Gasteiger partial charge in [-0.15, -0.1) is 0 Å². The fourth-order valence-corrected chi connectivity index (χ4v) is 5.30. The summed E-state index contributed by atoms with van der Waals surface area (Å²) in [5.41, 5.74) is 4.00. The summed E-state index contributed by atoms with van der Waals surface area (Å²) in [5.74, 6) is -1.54. The number of aliphatic carboxylic acids is 1. The van der Waals surface area contributed by atoms with Crippen molar-refractivity contribution in [1.29, 1.82) is 0 Å². The summed E-state index contributed by atoms with van der Waals surface area (Å²) in [6.45, 7) is 8.08. The van der Waals surface area contributed by atoms with Crippen LogP contribution in [0.15, 0.2) is 48.5 Å². The van der Waals surface area contributed by atoms with Crippen molar-refractivity contribution in [1.82, 2.24) is 10.2 Å². The van der Waals surface area contributed by atoms with Crippen LogP contribution < -0.4 is 5.32 Å². The lowest BCUT2D eigenvalue weighted by Crippen LogP contribution is -2.58. The predicted molar refractivity (Wildman–Crippen MR) is 133 cm³/mol. The van der Waals surface area contributed by atoms with E-state index in [1.54, 1.807) is 4.90 Å². The highest BCUT2D eigenvalue weighted by Crippen LogP contribution is 2.44. The highest BCUT2D eigenvalue weighted by atomic mass is 16.5. The largest absolute Gasteiger partial charge is 0.481 e. The summed E-state index contributed by atoms with van der Waals surface area (Å²) < 4.78 is 5.68. The van der Waals surface area contributed by atoms with E-state index in [2.05, 4.69) is 29.6 Å². The Morgan fingerprint density at radius 3 is 2.14 bits per heavy atom. The Labute approximate surface area is 206 Å². The molecule has 3 atom stereocenters. The lowest BCUT2D eigenvalue weighted by Gasteiger charge is -2.41. The van der Waals surface area contributed by atoms with E-state index in [0.717, 1.165) is 22.3 Å². The van der Waals surface area contributed by atoms with Crippen LogP contribution >= 0.6 is 0 Å². The summed E-state index contributed by atoms with van der Waals surface area (Å²) in [7, 11) is 0. The molecule has 1 fully saturated rings. The van der Waals surface area contributed by atoms with E-state index in [1.165, 1.54) is 0 Å². The number of rotatable bonds is 5. The van der Waals surface area contributed by atoms with Gasteiger partial charge in [-0.25, -0.2) is 4.79 Å². The van der Waals surface area contributed by atoms with Crippen LogP contribution in [0.4, 0.5) is 4.79 Å². The molecule has 2 aliphatic rings. The quantitative estimate of drug-likeness (QED) is 0.652. The number of hydrogen-bond acceptors (Lipinski definition) is 4. The Bertz CT molecular complexity index is 1080. The first-order valence-electron chi connectivity index (χ1n) is 12.2. The van der Waals surface area contributed by atoms with E-state index in [9.17, 15) is 19.5 Å². The highest BCUT2D eigenvalue weighted by molar-refractivity contribution is 5.87. The number of hydrogen-bond donors (Lipinski definition) is 2. The van der Waals surface area contributed by atoms with Crippen molar-refractivity contribution in [2.45, 2.75) is 58.5 Å². The van der Waals surface area contributed by atoms with Crippen LogP contribution in [0, 0.1) is 11.3 Å². The Morgan fingerprint density at radius 2 is 1.63 bits per heavy atom. The molecule has 35 heavy (non-hydrogen) atoms. The fraction of sp³-hybridized carbons (Fsp3) is 0.464. The zero-order valence-electron chi connectivity index (χ0n) is 20.8. The molecule has 3 unspecified atom stereocenters. The standard InChI is InChI=1S/C28H34N2O5/c1-17-15-18(26(32)33)13-14-30(17)25(31)24(28(2,3)4)29-27(34)35-16-23-21-11-7-5-9-19(21)20-10-6-8-12-22(20)23/h5-12,17-18,23-24H,13-16H2,1-4H3,(H,29,34)(H,32,33). The molecule has 4 rings (SSSR count). The summed E-state index contributed by atoms with van der Waals surface area (Å²) in [4.78, 5) is 39.4. The maximum absolute atomic E-state index is 13.5. The van der Waals surface area contributed by atoms with Crippen LogP contribution in [0.2, 0.25) is 0 Å². The Hall–Kier alpha value is -3.35. The summed E-state index contributed by atoms with van der Waals surface area (Å²) >= 11 is 0. The first-order chi connectivity index (χ1) is 16.6. The summed E-state index contributed by atoms with van der Waals surface area (Å²) in [6, 6.07) is 15.3. The van der Waals surface area contributed by atoms with Gasteiger partial charge in [-0.05, 0) is 47.4 Å². The number of carboxylic acid groups (broad SMARTS) is 1. The minimum absolute atomic E-state index is 0.0630. The molecule has 2 aromatic carbocycles. The molecule has 1 aliphatic carbocycles. The van der Waals surface area contributed by atoms with E-state index >= 15 is 0 Å². The van der Waals surface area contributed by atoms with Gasteiger partial charge in [0, 0.05) is 18.5 Å². The lowest BCUT2D eigenvalue weighted by atomic mass is 9.84. The number of nitrogens with one attached hydrogen (secondary N) is 1. The zero-order chi connectivity index (χ0) is 25.3.